The summed E-state index contributed by atoms with van der Waals surface area (Å²) in [4.78, 5) is 13.2. The van der Waals surface area contributed by atoms with Crippen LogP contribution in [0.1, 0.15) is 26.3 Å². The monoisotopic (exact) mass is 219 g/mol. The Balaban J connectivity index is 2.59. The predicted octanol–water partition coefficient (Wildman–Crippen LogP) is 2.73. The molecule has 16 heavy (non-hydrogen) atoms. The summed E-state index contributed by atoms with van der Waals surface area (Å²) in [5, 5.41) is 0. The van der Waals surface area contributed by atoms with Crippen molar-refractivity contribution in [2.45, 2.75) is 27.3 Å². The third kappa shape index (κ3) is 4.15. The van der Waals surface area contributed by atoms with Gasteiger partial charge in [-0.05, 0) is 12.1 Å². The zero-order valence-electron chi connectivity index (χ0n) is 10.4. The third-order valence-corrected chi connectivity index (χ3v) is 2.65. The van der Waals surface area contributed by atoms with Crippen molar-refractivity contribution in [2.24, 2.45) is 5.41 Å². The van der Waals surface area contributed by atoms with Crippen LogP contribution >= 0.6 is 0 Å². The maximum absolute atomic E-state index is 10.9. The Labute approximate surface area is 98.3 Å². The molecule has 0 aliphatic heterocycles. The molecule has 1 aromatic carbocycles. The standard InChI is InChI=1S/C14H21NO/c1-4-15(11-14(2,3)12-16)10-13-8-6-5-7-9-13/h5-9,12H,4,10-11H2,1-3H3. The Morgan fingerprint density at radius 1 is 1.25 bits per heavy atom. The summed E-state index contributed by atoms with van der Waals surface area (Å²) >= 11 is 0. The van der Waals surface area contributed by atoms with Gasteiger partial charge in [-0.25, -0.2) is 0 Å². The average Bonchev–Trinajstić information content (AvgIpc) is 2.29. The number of hydrogen-bond donors (Lipinski definition) is 0. The SMILES string of the molecule is CCN(Cc1ccccc1)CC(C)(C)C=O. The number of nitrogens with zero attached hydrogens (tertiary/aromatic N) is 1. The molecule has 0 saturated heterocycles. The molecule has 0 aromatic heterocycles. The maximum atomic E-state index is 10.9. The molecule has 0 atom stereocenters. The van der Waals surface area contributed by atoms with Gasteiger partial charge in [0.15, 0.2) is 0 Å². The molecular formula is C14H21NO. The Morgan fingerprint density at radius 2 is 1.88 bits per heavy atom. The van der Waals surface area contributed by atoms with E-state index in [2.05, 4.69) is 24.0 Å². The van der Waals surface area contributed by atoms with Crippen LogP contribution in [0.25, 0.3) is 0 Å². The Hall–Kier alpha value is -1.15. The summed E-state index contributed by atoms with van der Waals surface area (Å²) in [6.07, 6.45) is 1.04. The largest absolute Gasteiger partial charge is 0.303 e. The fourth-order valence-corrected chi connectivity index (χ4v) is 1.73. The molecule has 1 rings (SSSR count). The van der Waals surface area contributed by atoms with Crippen LogP contribution in [0, 0.1) is 5.41 Å². The van der Waals surface area contributed by atoms with Crippen LogP contribution < -0.4 is 0 Å². The summed E-state index contributed by atoms with van der Waals surface area (Å²) in [5.41, 5.74) is 1.04. The fraction of sp³-hybridized carbons (Fsp3) is 0.500. The van der Waals surface area contributed by atoms with E-state index in [4.69, 9.17) is 0 Å². The minimum atomic E-state index is -0.259. The van der Waals surface area contributed by atoms with E-state index in [0.717, 1.165) is 25.9 Å². The zero-order chi connectivity index (χ0) is 12.0. The molecule has 0 bridgehead atoms. The minimum absolute atomic E-state index is 0.259. The van der Waals surface area contributed by atoms with Gasteiger partial charge in [-0.15, -0.1) is 0 Å². The van der Waals surface area contributed by atoms with E-state index >= 15 is 0 Å². The van der Waals surface area contributed by atoms with Crippen LogP contribution in [0.5, 0.6) is 0 Å². The third-order valence-electron chi connectivity index (χ3n) is 2.65. The van der Waals surface area contributed by atoms with Gasteiger partial charge in [0.25, 0.3) is 0 Å². The van der Waals surface area contributed by atoms with E-state index < -0.39 is 0 Å². The normalized spacial score (nSPS) is 11.8. The molecule has 1 aromatic rings. The molecule has 88 valence electrons. The lowest BCUT2D eigenvalue weighted by Gasteiger charge is -2.27. The van der Waals surface area contributed by atoms with Gasteiger partial charge in [-0.3, -0.25) is 4.90 Å². The first-order valence-corrected chi connectivity index (χ1v) is 5.80. The van der Waals surface area contributed by atoms with Crippen LogP contribution in [0.4, 0.5) is 0 Å². The van der Waals surface area contributed by atoms with Gasteiger partial charge >= 0.3 is 0 Å². The van der Waals surface area contributed by atoms with Crippen molar-refractivity contribution in [1.29, 1.82) is 0 Å². The summed E-state index contributed by atoms with van der Waals surface area (Å²) in [6, 6.07) is 10.4. The van der Waals surface area contributed by atoms with Crippen LogP contribution in [0.2, 0.25) is 0 Å². The summed E-state index contributed by atoms with van der Waals surface area (Å²) in [6.45, 7) is 8.77. The molecule has 2 nitrogen and oxygen atoms in total. The van der Waals surface area contributed by atoms with E-state index in [1.54, 1.807) is 0 Å². The number of carbonyl (C=O) groups excluding carboxylic acids is 1. The van der Waals surface area contributed by atoms with Crippen LogP contribution in [0.3, 0.4) is 0 Å². The molecule has 0 amide bonds. The Kier molecular flexibility index (Phi) is 4.69. The Bertz CT molecular complexity index is 319. The van der Waals surface area contributed by atoms with Gasteiger partial charge in [-0.2, -0.15) is 0 Å². The maximum Gasteiger partial charge on any atom is 0.126 e. The summed E-state index contributed by atoms with van der Waals surface area (Å²) in [5.74, 6) is 0. The second-order valence-corrected chi connectivity index (χ2v) is 4.90. The summed E-state index contributed by atoms with van der Waals surface area (Å²) < 4.78 is 0. The van der Waals surface area contributed by atoms with Crippen molar-refractivity contribution in [3.05, 3.63) is 35.9 Å². The number of aldehydes is 1. The fourth-order valence-electron chi connectivity index (χ4n) is 1.73. The highest BCUT2D eigenvalue weighted by Gasteiger charge is 2.20. The van der Waals surface area contributed by atoms with Crippen molar-refractivity contribution in [1.82, 2.24) is 4.90 Å². The number of rotatable bonds is 6. The zero-order valence-corrected chi connectivity index (χ0v) is 10.4. The van der Waals surface area contributed by atoms with Crippen molar-refractivity contribution in [3.8, 4) is 0 Å². The van der Waals surface area contributed by atoms with Gasteiger partial charge in [0.05, 0.1) is 0 Å². The second-order valence-electron chi connectivity index (χ2n) is 4.90. The van der Waals surface area contributed by atoms with Gasteiger partial charge in [-0.1, -0.05) is 51.1 Å². The lowest BCUT2D eigenvalue weighted by Crippen LogP contribution is -2.34. The molecule has 0 spiro atoms. The number of carbonyl (C=O) groups is 1. The predicted molar refractivity (Wildman–Crippen MR) is 67.2 cm³/mol. The smallest absolute Gasteiger partial charge is 0.126 e. The van der Waals surface area contributed by atoms with Gasteiger partial charge in [0, 0.05) is 18.5 Å². The van der Waals surface area contributed by atoms with Crippen molar-refractivity contribution in [3.63, 3.8) is 0 Å². The van der Waals surface area contributed by atoms with Crippen LogP contribution in [-0.4, -0.2) is 24.3 Å². The summed E-state index contributed by atoms with van der Waals surface area (Å²) in [7, 11) is 0. The first-order valence-electron chi connectivity index (χ1n) is 5.80. The van der Waals surface area contributed by atoms with Gasteiger partial charge < -0.3 is 4.79 Å². The molecule has 0 N–H and O–H groups in total. The quantitative estimate of drug-likeness (QED) is 0.686. The average molecular weight is 219 g/mol. The first kappa shape index (κ1) is 12.9. The van der Waals surface area contributed by atoms with Gasteiger partial charge in [0.1, 0.15) is 6.29 Å². The van der Waals surface area contributed by atoms with E-state index in [0.29, 0.717) is 0 Å². The molecule has 0 saturated carbocycles. The second kappa shape index (κ2) is 5.80. The van der Waals surface area contributed by atoms with Crippen LogP contribution in [0.15, 0.2) is 30.3 Å². The molecule has 0 aliphatic carbocycles. The van der Waals surface area contributed by atoms with E-state index in [-0.39, 0.29) is 5.41 Å². The molecule has 0 radical (unpaired) electrons. The molecule has 0 fully saturated rings. The van der Waals surface area contributed by atoms with Crippen molar-refractivity contribution in [2.75, 3.05) is 13.1 Å². The number of benzene rings is 1. The van der Waals surface area contributed by atoms with E-state index in [1.165, 1.54) is 5.56 Å². The minimum Gasteiger partial charge on any atom is -0.303 e. The van der Waals surface area contributed by atoms with E-state index in [1.807, 2.05) is 32.0 Å². The van der Waals surface area contributed by atoms with Gasteiger partial charge in [0.2, 0.25) is 0 Å². The lowest BCUT2D eigenvalue weighted by atomic mass is 9.95. The first-order chi connectivity index (χ1) is 7.57. The van der Waals surface area contributed by atoms with Crippen LogP contribution in [-0.2, 0) is 11.3 Å². The lowest BCUT2D eigenvalue weighted by molar-refractivity contribution is -0.115. The molecule has 0 unspecified atom stereocenters. The molecule has 2 heteroatoms. The number of hydrogen-bond acceptors (Lipinski definition) is 2. The van der Waals surface area contributed by atoms with E-state index in [9.17, 15) is 4.79 Å². The molecule has 0 aliphatic rings. The highest BCUT2D eigenvalue weighted by atomic mass is 16.1. The topological polar surface area (TPSA) is 20.3 Å². The molecular weight excluding hydrogens is 198 g/mol. The Morgan fingerprint density at radius 3 is 2.38 bits per heavy atom. The van der Waals surface area contributed by atoms with Crippen molar-refractivity contribution >= 4 is 6.29 Å². The highest BCUT2D eigenvalue weighted by molar-refractivity contribution is 5.58. The highest BCUT2D eigenvalue weighted by Crippen LogP contribution is 2.15. The molecule has 0 heterocycles. The van der Waals surface area contributed by atoms with Crippen molar-refractivity contribution < 1.29 is 4.79 Å².